The molecule has 3 aromatic carbocycles. The fourth-order valence-electron chi connectivity index (χ4n) is 6.68. The number of anilines is 1. The summed E-state index contributed by atoms with van der Waals surface area (Å²) in [6, 6.07) is 14.7. The van der Waals surface area contributed by atoms with Crippen LogP contribution in [0, 0.1) is 11.8 Å². The van der Waals surface area contributed by atoms with Crippen LogP contribution in [0.4, 0.5) is 5.69 Å². The highest BCUT2D eigenvalue weighted by Gasteiger charge is 2.34. The van der Waals surface area contributed by atoms with Gasteiger partial charge in [0.2, 0.25) is 29.5 Å². The van der Waals surface area contributed by atoms with Crippen molar-refractivity contribution in [2.24, 2.45) is 39.0 Å². The van der Waals surface area contributed by atoms with Crippen LogP contribution in [0.3, 0.4) is 0 Å². The molecule has 13 N–H and O–H groups in total. The first-order chi connectivity index (χ1) is 31.4. The lowest BCUT2D eigenvalue weighted by Crippen LogP contribution is -2.60. The third-order valence-electron chi connectivity index (χ3n) is 11.0. The smallest absolute Gasteiger partial charge is 0.305 e. The van der Waals surface area contributed by atoms with Crippen LogP contribution < -0.4 is 49.1 Å². The number of carbonyl (C=O) groups is 7. The number of carboxylic acid groups (broad SMARTS) is 1. The van der Waals surface area contributed by atoms with Crippen molar-refractivity contribution < 1.29 is 38.7 Å². The molecule has 3 rings (SSSR count). The molecular weight excluding hydrogens is 847 g/mol. The Hall–Kier alpha value is -7.05. The van der Waals surface area contributed by atoms with Crippen LogP contribution in [0.1, 0.15) is 95.5 Å². The van der Waals surface area contributed by atoms with E-state index in [1.54, 1.807) is 51.1 Å². The van der Waals surface area contributed by atoms with E-state index in [9.17, 15) is 38.7 Å². The lowest BCUT2D eigenvalue weighted by molar-refractivity contribution is -0.141. The predicted molar refractivity (Wildman–Crippen MR) is 255 cm³/mol. The number of amidine groups is 1. The Bertz CT molecular complexity index is 2190. The Morgan fingerprint density at radius 3 is 1.89 bits per heavy atom. The summed E-state index contributed by atoms with van der Waals surface area (Å²) >= 11 is 0. The second-order valence-electron chi connectivity index (χ2n) is 16.5. The average molecular weight is 914 g/mol. The maximum Gasteiger partial charge on any atom is 0.305 e. The van der Waals surface area contributed by atoms with Crippen molar-refractivity contribution in [2.45, 2.75) is 110 Å². The van der Waals surface area contributed by atoms with Gasteiger partial charge in [0.1, 0.15) is 24.2 Å². The van der Waals surface area contributed by atoms with Crippen LogP contribution in [-0.4, -0.2) is 102 Å². The van der Waals surface area contributed by atoms with Crippen LogP contribution in [-0.2, 0) is 35.2 Å². The monoisotopic (exact) mass is 914 g/mol. The van der Waals surface area contributed by atoms with Crippen molar-refractivity contribution in [1.82, 2.24) is 26.6 Å². The minimum absolute atomic E-state index is 0.105. The molecule has 6 unspecified atom stereocenters. The number of guanidine groups is 1. The molecule has 0 aliphatic carbocycles. The third-order valence-corrected chi connectivity index (χ3v) is 11.0. The molecule has 0 aromatic heterocycles. The molecule has 0 saturated carbocycles. The summed E-state index contributed by atoms with van der Waals surface area (Å²) in [5, 5.41) is 27.9. The molecule has 0 fully saturated rings. The zero-order valence-corrected chi connectivity index (χ0v) is 38.5. The van der Waals surface area contributed by atoms with E-state index in [1.807, 2.05) is 50.2 Å². The number of hydrogen-bond acceptors (Lipinski definition) is 9. The minimum Gasteiger partial charge on any atom is -0.481 e. The Morgan fingerprint density at radius 2 is 1.29 bits per heavy atom. The van der Waals surface area contributed by atoms with E-state index in [0.29, 0.717) is 48.5 Å². The molecule has 0 saturated heterocycles. The van der Waals surface area contributed by atoms with E-state index in [0.717, 1.165) is 17.2 Å². The fraction of sp³-hybridized carbons (Fsp3) is 0.468. The van der Waals surface area contributed by atoms with Crippen molar-refractivity contribution in [3.05, 3.63) is 77.9 Å². The first kappa shape index (κ1) is 53.3. The molecule has 358 valence electrons. The van der Waals surface area contributed by atoms with E-state index >= 15 is 0 Å². The fourth-order valence-corrected chi connectivity index (χ4v) is 6.68. The Labute approximate surface area is 386 Å². The van der Waals surface area contributed by atoms with Crippen LogP contribution in [0.2, 0.25) is 0 Å². The number of hydrogen-bond donors (Lipinski definition) is 10. The number of aliphatic carboxylic acids is 1. The molecular formula is C47H67N11O8. The molecule has 3 aromatic rings. The van der Waals surface area contributed by atoms with Gasteiger partial charge in [0.15, 0.2) is 5.96 Å². The van der Waals surface area contributed by atoms with Crippen LogP contribution in [0.25, 0.3) is 10.8 Å². The molecule has 0 spiro atoms. The molecule has 0 heterocycles. The van der Waals surface area contributed by atoms with Gasteiger partial charge in [0, 0.05) is 30.9 Å². The standard InChI is InChI=1S/C47H67N11O8/c1-6-28(3)27-53-43(63)36(14-11-23-52-47(49)50)56-45(65)38(26-40(60)61)57-46(66)41(29(4)7-2)58-44(64)37(15-10-22-51-30(5)48)55-39(59)24-31-16-20-35(21-17-31)54-42(62)34-19-18-32-12-8-9-13-33(32)25-34/h8-9,12-13,16-21,25,28-29,36-38,41H,6-7,10-11,14-15,22-24,26-27H2,1-5H3,(H2,48,51)(H,53,63)(H,54,62)(H,55,59)(H,56,65)(H,57,66)(H,58,64)(H,60,61)(H4,49,50,52). The van der Waals surface area contributed by atoms with Crippen molar-refractivity contribution in [1.29, 1.82) is 0 Å². The topological polar surface area (TPSA) is 315 Å². The van der Waals surface area contributed by atoms with Crippen LogP contribution in [0.5, 0.6) is 0 Å². The Morgan fingerprint density at radius 1 is 0.682 bits per heavy atom. The number of carboxylic acids is 1. The van der Waals surface area contributed by atoms with Crippen molar-refractivity contribution in [2.75, 3.05) is 25.0 Å². The summed E-state index contributed by atoms with van der Waals surface area (Å²) < 4.78 is 0. The van der Waals surface area contributed by atoms with Gasteiger partial charge in [0.25, 0.3) is 5.91 Å². The number of carbonyl (C=O) groups excluding carboxylic acids is 6. The van der Waals surface area contributed by atoms with Gasteiger partial charge in [-0.2, -0.15) is 0 Å². The zero-order valence-electron chi connectivity index (χ0n) is 38.5. The largest absolute Gasteiger partial charge is 0.481 e. The van der Waals surface area contributed by atoms with Crippen LogP contribution >= 0.6 is 0 Å². The summed E-state index contributed by atoms with van der Waals surface area (Å²) in [5.74, 6) is -5.31. The maximum atomic E-state index is 14.0. The summed E-state index contributed by atoms with van der Waals surface area (Å²) in [5.41, 5.74) is 18.2. The maximum absolute atomic E-state index is 14.0. The van der Waals surface area contributed by atoms with E-state index in [2.05, 4.69) is 41.9 Å². The first-order valence-electron chi connectivity index (χ1n) is 22.3. The van der Waals surface area contributed by atoms with Gasteiger partial charge in [-0.1, -0.05) is 83.0 Å². The molecule has 0 aliphatic heterocycles. The van der Waals surface area contributed by atoms with Gasteiger partial charge in [-0.15, -0.1) is 0 Å². The van der Waals surface area contributed by atoms with E-state index in [-0.39, 0.29) is 50.1 Å². The summed E-state index contributed by atoms with van der Waals surface area (Å²) in [7, 11) is 0. The van der Waals surface area contributed by atoms with Crippen molar-refractivity contribution in [3.8, 4) is 0 Å². The SMILES string of the molecule is CCC(C)CNC(=O)C(CCCN=C(N)N)NC(=O)C(CC(=O)O)NC(=O)C(NC(=O)C(CCCN=C(C)N)NC(=O)Cc1ccc(NC(=O)c2ccc3ccccc3c2)cc1)C(C)CC. The highest BCUT2D eigenvalue weighted by Crippen LogP contribution is 2.18. The van der Waals surface area contributed by atoms with Gasteiger partial charge < -0.3 is 54.2 Å². The molecule has 0 aliphatic rings. The third kappa shape index (κ3) is 18.6. The highest BCUT2D eigenvalue weighted by atomic mass is 16.4. The van der Waals surface area contributed by atoms with Crippen molar-refractivity contribution in [3.63, 3.8) is 0 Å². The van der Waals surface area contributed by atoms with Gasteiger partial charge >= 0.3 is 5.97 Å². The number of amides is 6. The second kappa shape index (κ2) is 27.3. The molecule has 19 nitrogen and oxygen atoms in total. The zero-order chi connectivity index (χ0) is 48.8. The predicted octanol–water partition coefficient (Wildman–Crippen LogP) is 2.47. The Balaban J connectivity index is 1.75. The second-order valence-corrected chi connectivity index (χ2v) is 16.5. The molecule has 0 bridgehead atoms. The number of fused-ring (bicyclic) bond motifs is 1. The van der Waals surface area contributed by atoms with Gasteiger partial charge in [0.05, 0.1) is 18.7 Å². The van der Waals surface area contributed by atoms with E-state index in [4.69, 9.17) is 17.2 Å². The highest BCUT2D eigenvalue weighted by molar-refractivity contribution is 6.06. The average Bonchev–Trinajstić information content (AvgIpc) is 3.28. The van der Waals surface area contributed by atoms with Gasteiger partial charge in [-0.3, -0.25) is 43.5 Å². The van der Waals surface area contributed by atoms with E-state index in [1.165, 1.54) is 0 Å². The molecule has 19 heteroatoms. The van der Waals surface area contributed by atoms with Crippen LogP contribution in [0.15, 0.2) is 76.7 Å². The van der Waals surface area contributed by atoms with Gasteiger partial charge in [-0.05, 0) is 85.0 Å². The van der Waals surface area contributed by atoms with Gasteiger partial charge in [-0.25, -0.2) is 0 Å². The summed E-state index contributed by atoms with van der Waals surface area (Å²) in [4.78, 5) is 101. The molecule has 6 atom stereocenters. The quantitative estimate of drug-likeness (QED) is 0.0301. The normalized spacial score (nSPS) is 14.0. The number of aliphatic imine (C=N–C) groups is 2. The summed E-state index contributed by atoms with van der Waals surface area (Å²) in [6.45, 7) is 9.80. The lowest BCUT2D eigenvalue weighted by atomic mass is 9.96. The summed E-state index contributed by atoms with van der Waals surface area (Å²) in [6.07, 6.45) is 1.11. The minimum atomic E-state index is -1.63. The first-order valence-corrected chi connectivity index (χ1v) is 22.3. The number of rotatable bonds is 27. The molecule has 6 amide bonds. The Kier molecular flexibility index (Phi) is 22.1. The number of nitrogens with one attached hydrogen (secondary N) is 6. The molecule has 66 heavy (non-hydrogen) atoms. The number of benzene rings is 3. The molecule has 0 radical (unpaired) electrons. The number of nitrogens with two attached hydrogens (primary N) is 3. The lowest BCUT2D eigenvalue weighted by Gasteiger charge is -2.28. The van der Waals surface area contributed by atoms with Crippen molar-refractivity contribution >= 4 is 69.7 Å². The van der Waals surface area contributed by atoms with E-state index < -0.39 is 72.0 Å². The number of nitrogens with zero attached hydrogens (tertiary/aromatic N) is 2.